The normalized spacial score (nSPS) is 22.1. The van der Waals surface area contributed by atoms with E-state index in [0.717, 1.165) is 26.1 Å². The number of benzene rings is 1. The molecule has 1 saturated heterocycles. The van der Waals surface area contributed by atoms with Gasteiger partial charge in [0.25, 0.3) is 0 Å². The fourth-order valence-corrected chi connectivity index (χ4v) is 4.29. The molecule has 2 aliphatic rings. The van der Waals surface area contributed by atoms with Crippen LogP contribution in [0.15, 0.2) is 24.3 Å². The molecule has 128 valence electrons. The van der Waals surface area contributed by atoms with Crippen LogP contribution in [-0.2, 0) is 19.5 Å². The Morgan fingerprint density at radius 3 is 2.96 bits per heavy atom. The zero-order valence-corrected chi connectivity index (χ0v) is 14.7. The van der Waals surface area contributed by atoms with Crippen LogP contribution in [0.5, 0.6) is 0 Å². The van der Waals surface area contributed by atoms with Crippen molar-refractivity contribution in [2.24, 2.45) is 0 Å². The summed E-state index contributed by atoms with van der Waals surface area (Å²) in [5.74, 6) is 3.02. The molecule has 0 radical (unpaired) electrons. The van der Waals surface area contributed by atoms with Crippen LogP contribution in [-0.4, -0.2) is 32.8 Å². The van der Waals surface area contributed by atoms with E-state index in [1.807, 2.05) is 0 Å². The van der Waals surface area contributed by atoms with Crippen LogP contribution in [0.1, 0.15) is 60.8 Å². The van der Waals surface area contributed by atoms with Gasteiger partial charge in [-0.15, -0.1) is 10.2 Å². The highest BCUT2D eigenvalue weighted by Gasteiger charge is 2.27. The molecule has 1 unspecified atom stereocenters. The van der Waals surface area contributed by atoms with Crippen LogP contribution in [0.2, 0.25) is 0 Å². The van der Waals surface area contributed by atoms with E-state index in [4.69, 9.17) is 0 Å². The fourth-order valence-electron chi connectivity index (χ4n) is 4.29. The second kappa shape index (κ2) is 7.06. The molecule has 24 heavy (non-hydrogen) atoms. The molecule has 1 atom stereocenters. The van der Waals surface area contributed by atoms with E-state index in [1.165, 1.54) is 61.4 Å². The number of fused-ring (bicyclic) bond motifs is 1. The van der Waals surface area contributed by atoms with Crippen molar-refractivity contribution >= 4 is 0 Å². The van der Waals surface area contributed by atoms with Crippen molar-refractivity contribution in [3.05, 3.63) is 47.0 Å². The molecule has 0 spiro atoms. The van der Waals surface area contributed by atoms with E-state index in [0.29, 0.717) is 5.92 Å². The van der Waals surface area contributed by atoms with Crippen molar-refractivity contribution in [1.82, 2.24) is 19.7 Å². The summed E-state index contributed by atoms with van der Waals surface area (Å²) in [6.07, 6.45) is 7.49. The fraction of sp³-hybridized carbons (Fsp3) is 0.600. The third kappa shape index (κ3) is 3.39. The number of piperidine rings is 1. The molecule has 1 fully saturated rings. The van der Waals surface area contributed by atoms with Crippen LogP contribution < -0.4 is 0 Å². The predicted molar refractivity (Wildman–Crippen MR) is 96.0 cm³/mol. The van der Waals surface area contributed by atoms with Crippen molar-refractivity contribution in [3.8, 4) is 0 Å². The summed E-state index contributed by atoms with van der Waals surface area (Å²) in [5.41, 5.74) is 2.78. The molecule has 0 amide bonds. The Hall–Kier alpha value is -1.68. The van der Waals surface area contributed by atoms with Gasteiger partial charge in [-0.05, 0) is 44.7 Å². The van der Waals surface area contributed by atoms with E-state index in [2.05, 4.69) is 50.9 Å². The monoisotopic (exact) mass is 324 g/mol. The third-order valence-electron chi connectivity index (χ3n) is 5.50. The van der Waals surface area contributed by atoms with Crippen molar-refractivity contribution in [3.63, 3.8) is 0 Å². The van der Waals surface area contributed by atoms with E-state index in [9.17, 15) is 0 Å². The van der Waals surface area contributed by atoms with Gasteiger partial charge in [0.15, 0.2) is 0 Å². The van der Waals surface area contributed by atoms with E-state index in [1.54, 1.807) is 0 Å². The zero-order valence-electron chi connectivity index (χ0n) is 14.7. The minimum Gasteiger partial charge on any atom is -0.315 e. The molecule has 1 aromatic carbocycles. The molecule has 0 aliphatic carbocycles. The van der Waals surface area contributed by atoms with Gasteiger partial charge in [-0.1, -0.05) is 36.2 Å². The molecule has 4 nitrogen and oxygen atoms in total. The molecular formula is C20H28N4. The first-order chi connectivity index (χ1) is 11.8. The highest BCUT2D eigenvalue weighted by molar-refractivity contribution is 5.22. The maximum atomic E-state index is 4.61. The average Bonchev–Trinajstić information content (AvgIpc) is 2.84. The number of aromatic nitrogens is 3. The quantitative estimate of drug-likeness (QED) is 0.863. The molecule has 4 heteroatoms. The number of likely N-dealkylation sites (tertiary alicyclic amines) is 1. The largest absolute Gasteiger partial charge is 0.315 e. The van der Waals surface area contributed by atoms with Crippen LogP contribution in [0.4, 0.5) is 0 Å². The maximum Gasteiger partial charge on any atom is 0.137 e. The average molecular weight is 324 g/mol. The molecule has 1 aromatic heterocycles. The summed E-state index contributed by atoms with van der Waals surface area (Å²) in [6, 6.07) is 8.91. The first-order valence-electron chi connectivity index (χ1n) is 9.49. The van der Waals surface area contributed by atoms with Crippen molar-refractivity contribution in [2.45, 2.75) is 64.5 Å². The lowest BCUT2D eigenvalue weighted by atomic mass is 9.96. The van der Waals surface area contributed by atoms with Gasteiger partial charge in [0.2, 0.25) is 0 Å². The number of rotatable bonds is 3. The van der Waals surface area contributed by atoms with Gasteiger partial charge in [-0.25, -0.2) is 0 Å². The van der Waals surface area contributed by atoms with Gasteiger partial charge < -0.3 is 4.57 Å². The summed E-state index contributed by atoms with van der Waals surface area (Å²) in [7, 11) is 0. The van der Waals surface area contributed by atoms with Crippen LogP contribution in [0.3, 0.4) is 0 Å². The Kier molecular flexibility index (Phi) is 4.65. The molecule has 0 saturated carbocycles. The number of hydrogen-bond donors (Lipinski definition) is 0. The van der Waals surface area contributed by atoms with E-state index >= 15 is 0 Å². The molecule has 2 aromatic rings. The smallest absolute Gasteiger partial charge is 0.137 e. The van der Waals surface area contributed by atoms with E-state index in [-0.39, 0.29) is 0 Å². The topological polar surface area (TPSA) is 34.0 Å². The van der Waals surface area contributed by atoms with Gasteiger partial charge in [-0.2, -0.15) is 0 Å². The molecule has 0 bridgehead atoms. The second-order valence-electron chi connectivity index (χ2n) is 7.50. The zero-order chi connectivity index (χ0) is 16.4. The van der Waals surface area contributed by atoms with Crippen molar-refractivity contribution in [2.75, 3.05) is 13.1 Å². The highest BCUT2D eigenvalue weighted by Crippen LogP contribution is 2.28. The molecular weight excluding hydrogens is 296 g/mol. The van der Waals surface area contributed by atoms with Crippen LogP contribution >= 0.6 is 0 Å². The molecule has 4 rings (SSSR count). The molecule has 0 N–H and O–H groups in total. The Bertz CT molecular complexity index is 691. The van der Waals surface area contributed by atoms with Gasteiger partial charge in [-0.3, -0.25) is 4.90 Å². The number of hydrogen-bond acceptors (Lipinski definition) is 3. The summed E-state index contributed by atoms with van der Waals surface area (Å²) >= 11 is 0. The van der Waals surface area contributed by atoms with E-state index < -0.39 is 0 Å². The lowest BCUT2D eigenvalue weighted by Gasteiger charge is -2.32. The summed E-state index contributed by atoms with van der Waals surface area (Å²) < 4.78 is 2.44. The van der Waals surface area contributed by atoms with Crippen LogP contribution in [0, 0.1) is 6.92 Å². The minimum absolute atomic E-state index is 0.544. The number of nitrogens with zero attached hydrogens (tertiary/aromatic N) is 4. The molecule has 3 heterocycles. The molecule has 2 aliphatic heterocycles. The van der Waals surface area contributed by atoms with Gasteiger partial charge in [0, 0.05) is 32.0 Å². The maximum absolute atomic E-state index is 4.61. The van der Waals surface area contributed by atoms with Crippen LogP contribution in [0.25, 0.3) is 0 Å². The Labute approximate surface area is 144 Å². The summed E-state index contributed by atoms with van der Waals surface area (Å²) in [4.78, 5) is 2.60. The lowest BCUT2D eigenvalue weighted by Crippen LogP contribution is -2.35. The lowest BCUT2D eigenvalue weighted by molar-refractivity contribution is 0.194. The Morgan fingerprint density at radius 2 is 2.04 bits per heavy atom. The SMILES string of the molecule is Cc1cccc(CN2CCCC(c3nnc4n3CCCCC4)C2)c1. The predicted octanol–water partition coefficient (Wildman–Crippen LogP) is 3.69. The van der Waals surface area contributed by atoms with Gasteiger partial charge in [0.1, 0.15) is 11.6 Å². The Morgan fingerprint density at radius 1 is 1.08 bits per heavy atom. The first kappa shape index (κ1) is 15.8. The second-order valence-corrected chi connectivity index (χ2v) is 7.50. The first-order valence-corrected chi connectivity index (χ1v) is 9.49. The highest BCUT2D eigenvalue weighted by atomic mass is 15.3. The minimum atomic E-state index is 0.544. The van der Waals surface area contributed by atoms with Gasteiger partial charge in [0.05, 0.1) is 0 Å². The standard InChI is InChI=1S/C20H28N4/c1-16-7-5-8-17(13-16)14-23-11-6-9-18(15-23)20-22-21-19-10-3-2-4-12-24(19)20/h5,7-8,13,18H,2-4,6,9-12,14-15H2,1H3. The number of aryl methyl sites for hydroxylation is 2. The van der Waals surface area contributed by atoms with Crippen molar-refractivity contribution < 1.29 is 0 Å². The third-order valence-corrected chi connectivity index (χ3v) is 5.50. The Balaban J connectivity index is 1.48. The van der Waals surface area contributed by atoms with Gasteiger partial charge >= 0.3 is 0 Å². The van der Waals surface area contributed by atoms with Crippen molar-refractivity contribution in [1.29, 1.82) is 0 Å². The summed E-state index contributed by atoms with van der Waals surface area (Å²) in [5, 5.41) is 9.11. The summed E-state index contributed by atoms with van der Waals surface area (Å²) in [6.45, 7) is 6.66.